The van der Waals surface area contributed by atoms with Gasteiger partial charge in [0.2, 0.25) is 11.5 Å². The van der Waals surface area contributed by atoms with E-state index in [1.54, 1.807) is 25.1 Å². The number of benzene rings is 2. The number of ketones is 1. The molecule has 2 heterocycles. The molecule has 1 fully saturated rings. The van der Waals surface area contributed by atoms with Crippen LogP contribution in [0.1, 0.15) is 27.0 Å². The molecule has 9 nitrogen and oxygen atoms in total. The quantitative estimate of drug-likeness (QED) is 0.519. The number of allylic oxidation sites excluding steroid dienone is 1. The Bertz CT molecular complexity index is 1110. The molecule has 2 aromatic carbocycles. The molecule has 0 saturated carbocycles. The van der Waals surface area contributed by atoms with Crippen LogP contribution in [0.15, 0.2) is 24.0 Å². The van der Waals surface area contributed by atoms with E-state index in [2.05, 4.69) is 4.90 Å². The van der Waals surface area contributed by atoms with Crippen molar-refractivity contribution in [2.24, 2.45) is 0 Å². The molecular weight excluding hydrogens is 452 g/mol. The number of aliphatic hydroxyl groups excluding tert-OH is 1. The molecule has 0 bridgehead atoms. The maximum Gasteiger partial charge on any atom is 0.232 e. The van der Waals surface area contributed by atoms with Gasteiger partial charge in [-0.05, 0) is 36.3 Å². The number of carbonyl (C=O) groups excluding carboxylic acids is 1. The fourth-order valence-electron chi connectivity index (χ4n) is 4.73. The van der Waals surface area contributed by atoms with Crippen molar-refractivity contribution < 1.29 is 38.9 Å². The van der Waals surface area contributed by atoms with Gasteiger partial charge in [-0.15, -0.1) is 0 Å². The molecule has 2 aromatic rings. The van der Waals surface area contributed by atoms with Gasteiger partial charge in [-0.1, -0.05) is 11.8 Å². The van der Waals surface area contributed by atoms with Crippen molar-refractivity contribution in [2.75, 3.05) is 60.7 Å². The number of ether oxygens (including phenoxy) is 4. The number of hydrogen-bond acceptors (Lipinski definition) is 8. The average Bonchev–Trinajstić information content (AvgIpc) is 3.18. The van der Waals surface area contributed by atoms with Gasteiger partial charge < -0.3 is 34.1 Å². The number of rotatable bonds is 8. The number of nitrogens with one attached hydrogen (secondary N) is 1. The summed E-state index contributed by atoms with van der Waals surface area (Å²) in [5.41, 5.74) is 2.21. The zero-order valence-corrected chi connectivity index (χ0v) is 20.6. The molecule has 0 aliphatic carbocycles. The van der Waals surface area contributed by atoms with E-state index < -0.39 is 0 Å². The predicted octanol–water partition coefficient (Wildman–Crippen LogP) is 0.403. The first-order valence-corrected chi connectivity index (χ1v) is 11.6. The Balaban J connectivity index is 1.64. The fraction of sp³-hybridized carbons (Fsp3) is 0.423. The van der Waals surface area contributed by atoms with Gasteiger partial charge in [-0.3, -0.25) is 9.69 Å². The van der Waals surface area contributed by atoms with E-state index >= 15 is 0 Å². The second kappa shape index (κ2) is 10.6. The molecule has 35 heavy (non-hydrogen) atoms. The fourth-order valence-corrected chi connectivity index (χ4v) is 4.73. The summed E-state index contributed by atoms with van der Waals surface area (Å²) in [5.74, 6) is 1.52. The van der Waals surface area contributed by atoms with Gasteiger partial charge in [-0.25, -0.2) is 0 Å². The number of β-amino-alcohol motifs (C(OH)–C–C–N with tert-alkyl or cyclic N) is 1. The van der Waals surface area contributed by atoms with Gasteiger partial charge in [0.05, 0.1) is 46.6 Å². The van der Waals surface area contributed by atoms with E-state index in [-0.39, 0.29) is 23.9 Å². The number of quaternary nitrogens is 1. The van der Waals surface area contributed by atoms with Crippen LogP contribution < -0.4 is 29.0 Å². The number of hydrogen-bond donors (Lipinski definition) is 2. The van der Waals surface area contributed by atoms with Crippen LogP contribution in [0.25, 0.3) is 6.08 Å². The first-order valence-electron chi connectivity index (χ1n) is 11.6. The van der Waals surface area contributed by atoms with Crippen molar-refractivity contribution in [1.82, 2.24) is 4.90 Å². The SMILES string of the molecule is COc1cc(C=C2Oc3c(C[NH+]4CCN(CCO)CC4)c([O-])cc(C)c3C2=O)cc(OC)c1OC. The van der Waals surface area contributed by atoms with Gasteiger partial charge >= 0.3 is 0 Å². The van der Waals surface area contributed by atoms with E-state index in [0.29, 0.717) is 58.3 Å². The van der Waals surface area contributed by atoms with E-state index in [9.17, 15) is 9.90 Å². The molecule has 1 saturated heterocycles. The third-order valence-electron chi connectivity index (χ3n) is 6.59. The summed E-state index contributed by atoms with van der Waals surface area (Å²) in [5, 5.41) is 22.1. The molecule has 4 rings (SSSR count). The number of aliphatic hydroxyl groups is 1. The molecule has 0 amide bonds. The molecular formula is C26H32N2O7. The number of fused-ring (bicyclic) bond motifs is 1. The molecule has 0 spiro atoms. The Morgan fingerprint density at radius 2 is 1.77 bits per heavy atom. The van der Waals surface area contributed by atoms with Crippen LogP contribution in [-0.4, -0.2) is 76.4 Å². The van der Waals surface area contributed by atoms with Crippen molar-refractivity contribution in [1.29, 1.82) is 0 Å². The average molecular weight is 485 g/mol. The van der Waals surface area contributed by atoms with Crippen molar-refractivity contribution in [2.45, 2.75) is 13.5 Å². The minimum atomic E-state index is -0.254. The molecule has 0 radical (unpaired) electrons. The first kappa shape index (κ1) is 24.8. The summed E-state index contributed by atoms with van der Waals surface area (Å²) >= 11 is 0. The Morgan fingerprint density at radius 3 is 2.34 bits per heavy atom. The summed E-state index contributed by atoms with van der Waals surface area (Å²) in [7, 11) is 4.58. The molecule has 0 unspecified atom stereocenters. The van der Waals surface area contributed by atoms with Gasteiger partial charge in [0.25, 0.3) is 0 Å². The lowest BCUT2D eigenvalue weighted by atomic mass is 9.99. The van der Waals surface area contributed by atoms with Crippen LogP contribution in [0.4, 0.5) is 0 Å². The van der Waals surface area contributed by atoms with Crippen LogP contribution in [0.3, 0.4) is 0 Å². The highest BCUT2D eigenvalue weighted by atomic mass is 16.5. The number of piperazine rings is 1. The third kappa shape index (κ3) is 4.93. The minimum absolute atomic E-state index is 0.117. The lowest BCUT2D eigenvalue weighted by Gasteiger charge is -2.32. The number of carbonyl (C=O) groups is 1. The maximum atomic E-state index is 13.3. The van der Waals surface area contributed by atoms with Crippen LogP contribution >= 0.6 is 0 Å². The smallest absolute Gasteiger partial charge is 0.232 e. The van der Waals surface area contributed by atoms with Crippen molar-refractivity contribution >= 4 is 11.9 Å². The van der Waals surface area contributed by atoms with Gasteiger partial charge in [0, 0.05) is 25.2 Å². The van der Waals surface area contributed by atoms with Crippen molar-refractivity contribution in [3.63, 3.8) is 0 Å². The van der Waals surface area contributed by atoms with Crippen LogP contribution in [-0.2, 0) is 6.54 Å². The zero-order valence-electron chi connectivity index (χ0n) is 20.6. The lowest BCUT2D eigenvalue weighted by Crippen LogP contribution is -3.13. The van der Waals surface area contributed by atoms with Crippen LogP contribution in [0.5, 0.6) is 28.7 Å². The number of nitrogens with zero attached hydrogens (tertiary/aromatic N) is 1. The lowest BCUT2D eigenvalue weighted by molar-refractivity contribution is -0.918. The Labute approximate surface area is 205 Å². The summed E-state index contributed by atoms with van der Waals surface area (Å²) in [6.07, 6.45) is 1.63. The van der Waals surface area contributed by atoms with E-state index in [0.717, 1.165) is 26.2 Å². The second-order valence-electron chi connectivity index (χ2n) is 8.76. The highest BCUT2D eigenvalue weighted by Gasteiger charge is 2.33. The number of aryl methyl sites for hydroxylation is 1. The summed E-state index contributed by atoms with van der Waals surface area (Å²) < 4.78 is 22.3. The molecule has 2 N–H and O–H groups in total. The molecule has 0 atom stereocenters. The Morgan fingerprint density at radius 1 is 1.11 bits per heavy atom. The zero-order chi connectivity index (χ0) is 25.1. The molecule has 2 aliphatic heterocycles. The topological polar surface area (TPSA) is 105 Å². The van der Waals surface area contributed by atoms with Gasteiger partial charge in [0.15, 0.2) is 17.3 Å². The van der Waals surface area contributed by atoms with Gasteiger partial charge in [0.1, 0.15) is 12.3 Å². The Hall–Kier alpha value is -3.27. The molecule has 2 aliphatic rings. The molecule has 188 valence electrons. The van der Waals surface area contributed by atoms with E-state index in [1.165, 1.54) is 32.3 Å². The van der Waals surface area contributed by atoms with E-state index in [4.69, 9.17) is 24.1 Å². The van der Waals surface area contributed by atoms with Crippen molar-refractivity contribution in [3.05, 3.63) is 46.2 Å². The number of Topliss-reactive ketones (excluding diaryl/α,β-unsaturated/α-hetero) is 1. The number of methoxy groups -OCH3 is 3. The maximum absolute atomic E-state index is 13.3. The van der Waals surface area contributed by atoms with Crippen molar-refractivity contribution in [3.8, 4) is 28.7 Å². The van der Waals surface area contributed by atoms with Gasteiger partial charge in [-0.2, -0.15) is 0 Å². The molecule has 0 aromatic heterocycles. The largest absolute Gasteiger partial charge is 0.872 e. The summed E-state index contributed by atoms with van der Waals surface area (Å²) in [6.45, 7) is 6.45. The minimum Gasteiger partial charge on any atom is -0.872 e. The third-order valence-corrected chi connectivity index (χ3v) is 6.59. The summed E-state index contributed by atoms with van der Waals surface area (Å²) in [4.78, 5) is 16.8. The highest BCUT2D eigenvalue weighted by Crippen LogP contribution is 2.42. The normalized spacial score (nSPS) is 17.4. The predicted molar refractivity (Wildman–Crippen MR) is 128 cm³/mol. The summed E-state index contributed by atoms with van der Waals surface area (Å²) in [6, 6.07) is 4.99. The first-order chi connectivity index (χ1) is 16.9. The second-order valence-corrected chi connectivity index (χ2v) is 8.76. The standard InChI is InChI=1S/C26H32N2O7/c1-16-11-19(30)18(15-28-7-5-27(6-8-28)9-10-29)25-23(16)24(31)20(35-25)12-17-13-21(32-2)26(34-4)22(14-17)33-3/h11-14,29-30H,5-10,15H2,1-4H3. The Kier molecular flexibility index (Phi) is 7.49. The van der Waals surface area contributed by atoms with Crippen LogP contribution in [0.2, 0.25) is 0 Å². The van der Waals surface area contributed by atoms with E-state index in [1.807, 2.05) is 0 Å². The van der Waals surface area contributed by atoms with Crippen LogP contribution in [0, 0.1) is 6.92 Å². The molecule has 9 heteroatoms. The highest BCUT2D eigenvalue weighted by molar-refractivity contribution is 6.15. The monoisotopic (exact) mass is 484 g/mol.